The predicted molar refractivity (Wildman–Crippen MR) is 77.2 cm³/mol. The molecule has 0 bridgehead atoms. The number of hydrogen-bond donors (Lipinski definition) is 5. The molecule has 0 spiro atoms. The number of aliphatic hydroxyl groups is 3. The van der Waals surface area contributed by atoms with E-state index in [0.717, 1.165) is 4.90 Å². The zero-order chi connectivity index (χ0) is 17.5. The Hall–Kier alpha value is -2.24. The third kappa shape index (κ3) is 2.60. The van der Waals surface area contributed by atoms with Crippen LogP contribution in [0.3, 0.4) is 0 Å². The van der Waals surface area contributed by atoms with Gasteiger partial charge in [-0.1, -0.05) is 0 Å². The first kappa shape index (κ1) is 16.6. The number of furan rings is 1. The number of carbonyl (C=O) groups is 2. The number of nitrogens with one attached hydrogen (secondary N) is 1. The Kier molecular flexibility index (Phi) is 4.15. The first-order valence-electron chi connectivity index (χ1n) is 7.17. The van der Waals surface area contributed by atoms with Gasteiger partial charge in [-0.3, -0.25) is 15.4 Å². The van der Waals surface area contributed by atoms with Gasteiger partial charge in [0.05, 0.1) is 12.9 Å². The predicted octanol–water partition coefficient (Wildman–Crippen LogP) is -1.90. The van der Waals surface area contributed by atoms with E-state index in [0.29, 0.717) is 0 Å². The molecule has 1 aromatic rings. The van der Waals surface area contributed by atoms with Gasteiger partial charge in [0.2, 0.25) is 5.78 Å². The Bertz CT molecular complexity index is 661. The van der Waals surface area contributed by atoms with Crippen LogP contribution in [0.5, 0.6) is 0 Å². The van der Waals surface area contributed by atoms with Crippen molar-refractivity contribution < 1.29 is 34.1 Å². The van der Waals surface area contributed by atoms with E-state index < -0.39 is 48.6 Å². The molecule has 0 aliphatic carbocycles. The van der Waals surface area contributed by atoms with Gasteiger partial charge in [-0.05, 0) is 18.2 Å². The summed E-state index contributed by atoms with van der Waals surface area (Å²) in [5.41, 5.74) is 4.10. The van der Waals surface area contributed by atoms with Crippen molar-refractivity contribution in [3.63, 3.8) is 0 Å². The minimum atomic E-state index is -1.82. The van der Waals surface area contributed by atoms with Crippen LogP contribution in [0.25, 0.3) is 0 Å². The fourth-order valence-corrected chi connectivity index (χ4v) is 2.60. The van der Waals surface area contributed by atoms with Crippen molar-refractivity contribution in [2.24, 2.45) is 5.73 Å². The number of nitrogens with zero attached hydrogens (tertiary/aromatic N) is 1. The van der Waals surface area contributed by atoms with E-state index in [9.17, 15) is 19.8 Å². The van der Waals surface area contributed by atoms with E-state index in [4.69, 9.17) is 20.0 Å². The zero-order valence-corrected chi connectivity index (χ0v) is 12.4. The van der Waals surface area contributed by atoms with Crippen LogP contribution in [0.15, 0.2) is 35.1 Å². The third-order valence-electron chi connectivity index (χ3n) is 3.96. The highest BCUT2D eigenvalue weighted by Gasteiger charge is 2.49. The van der Waals surface area contributed by atoms with Gasteiger partial charge in [-0.2, -0.15) is 0 Å². The summed E-state index contributed by atoms with van der Waals surface area (Å²) in [5.74, 6) is -0.679. The lowest BCUT2D eigenvalue weighted by Crippen LogP contribution is -2.66. The summed E-state index contributed by atoms with van der Waals surface area (Å²) in [5, 5.41) is 31.1. The first-order valence-corrected chi connectivity index (χ1v) is 7.17. The lowest BCUT2D eigenvalue weighted by Gasteiger charge is -2.36. The smallest absolute Gasteiger partial charge is 0.325 e. The van der Waals surface area contributed by atoms with E-state index in [-0.39, 0.29) is 5.76 Å². The number of ketones is 1. The van der Waals surface area contributed by atoms with Gasteiger partial charge in [-0.25, -0.2) is 4.79 Å². The number of urea groups is 1. The Balaban J connectivity index is 1.80. The number of nitrogens with two attached hydrogens (primary N) is 1. The average molecular weight is 339 g/mol. The molecule has 24 heavy (non-hydrogen) atoms. The number of Topliss-reactive ketones (excluding diaryl/α,β-unsaturated/α-hetero) is 1. The second kappa shape index (κ2) is 6.00. The normalized spacial score (nSPS) is 36.0. The van der Waals surface area contributed by atoms with Crippen LogP contribution in [0.4, 0.5) is 4.79 Å². The van der Waals surface area contributed by atoms with Crippen molar-refractivity contribution in [2.45, 2.75) is 30.2 Å². The van der Waals surface area contributed by atoms with E-state index in [1.54, 1.807) is 0 Å². The van der Waals surface area contributed by atoms with Gasteiger partial charge in [0, 0.05) is 6.20 Å². The molecule has 0 aromatic carbocycles. The summed E-state index contributed by atoms with van der Waals surface area (Å²) in [7, 11) is 0. The number of ether oxygens (including phenoxy) is 1. The quantitative estimate of drug-likeness (QED) is 0.398. The van der Waals surface area contributed by atoms with E-state index in [2.05, 4.69) is 5.32 Å². The molecular weight excluding hydrogens is 322 g/mol. The second-order valence-electron chi connectivity index (χ2n) is 5.56. The molecule has 2 aliphatic rings. The minimum Gasteiger partial charge on any atom is -0.461 e. The molecule has 5 atom stereocenters. The van der Waals surface area contributed by atoms with Gasteiger partial charge < -0.3 is 29.8 Å². The Morgan fingerprint density at radius 3 is 2.71 bits per heavy atom. The van der Waals surface area contributed by atoms with E-state index >= 15 is 0 Å². The van der Waals surface area contributed by atoms with Crippen molar-refractivity contribution in [3.05, 3.63) is 36.4 Å². The number of carbonyl (C=O) groups excluding carboxylic acids is 2. The fourth-order valence-electron chi connectivity index (χ4n) is 2.60. The molecule has 0 radical (unpaired) electrons. The monoisotopic (exact) mass is 339 g/mol. The molecule has 3 heterocycles. The van der Waals surface area contributed by atoms with Crippen molar-refractivity contribution in [1.82, 2.24) is 10.2 Å². The largest absolute Gasteiger partial charge is 0.461 e. The molecule has 1 unspecified atom stereocenters. The first-order chi connectivity index (χ1) is 11.4. The summed E-state index contributed by atoms with van der Waals surface area (Å²) in [4.78, 5) is 25.5. The van der Waals surface area contributed by atoms with Crippen LogP contribution in [-0.2, 0) is 4.74 Å². The summed E-state index contributed by atoms with van der Waals surface area (Å²) in [6.45, 7) is -0.522. The SMILES string of the molecule is NC1(C(=O)c2ccco2)C=CN([C@@H]2O[C@H](CO)[C@@H](O)[C@H]2O)C(=O)N1. The maximum atomic E-state index is 12.3. The molecule has 2 amide bonds. The van der Waals surface area contributed by atoms with Crippen LogP contribution in [0, 0.1) is 0 Å². The molecular formula is C14H17N3O7. The minimum absolute atomic E-state index is 0.0242. The summed E-state index contributed by atoms with van der Waals surface area (Å²) in [6.07, 6.45) is -1.33. The van der Waals surface area contributed by atoms with Gasteiger partial charge >= 0.3 is 6.03 Å². The number of rotatable bonds is 4. The van der Waals surface area contributed by atoms with Crippen molar-refractivity contribution in [2.75, 3.05) is 6.61 Å². The maximum absolute atomic E-state index is 12.3. The number of amides is 2. The Morgan fingerprint density at radius 2 is 2.17 bits per heavy atom. The molecule has 1 fully saturated rings. The molecule has 6 N–H and O–H groups in total. The Morgan fingerprint density at radius 1 is 1.42 bits per heavy atom. The van der Waals surface area contributed by atoms with Crippen LogP contribution < -0.4 is 11.1 Å². The van der Waals surface area contributed by atoms with Crippen LogP contribution in [0.1, 0.15) is 10.6 Å². The highest BCUT2D eigenvalue weighted by Crippen LogP contribution is 2.26. The van der Waals surface area contributed by atoms with Crippen LogP contribution in [0.2, 0.25) is 0 Å². The van der Waals surface area contributed by atoms with E-state index in [1.165, 1.54) is 30.7 Å². The van der Waals surface area contributed by atoms with Crippen LogP contribution >= 0.6 is 0 Å². The molecule has 1 saturated heterocycles. The molecule has 130 valence electrons. The highest BCUT2D eigenvalue weighted by atomic mass is 16.6. The third-order valence-corrected chi connectivity index (χ3v) is 3.96. The van der Waals surface area contributed by atoms with Crippen LogP contribution in [-0.4, -0.2) is 68.8 Å². The van der Waals surface area contributed by atoms with Gasteiger partial charge in [0.15, 0.2) is 17.7 Å². The molecule has 10 heteroatoms. The molecule has 1 aromatic heterocycles. The highest BCUT2D eigenvalue weighted by molar-refractivity contribution is 6.04. The van der Waals surface area contributed by atoms with Gasteiger partial charge in [0.25, 0.3) is 0 Å². The average Bonchev–Trinajstić information content (AvgIpc) is 3.17. The maximum Gasteiger partial charge on any atom is 0.325 e. The molecule has 0 saturated carbocycles. The van der Waals surface area contributed by atoms with Crippen molar-refractivity contribution in [3.8, 4) is 0 Å². The Labute approximate surface area is 136 Å². The fraction of sp³-hybridized carbons (Fsp3) is 0.429. The van der Waals surface area contributed by atoms with Gasteiger partial charge in [-0.15, -0.1) is 0 Å². The zero-order valence-electron chi connectivity index (χ0n) is 12.4. The molecule has 10 nitrogen and oxygen atoms in total. The summed E-state index contributed by atoms with van der Waals surface area (Å²) in [6, 6.07) is 2.11. The number of hydrogen-bond acceptors (Lipinski definition) is 8. The standard InChI is InChI=1S/C14H17N3O7/c15-14(11(21)7-2-1-5-23-7)3-4-17(13(22)16-14)12-10(20)9(19)8(6-18)24-12/h1-5,8-10,12,18-20H,6,15H2,(H,16,22)/t8-,9-,10-,12-,14?/m1/s1. The summed E-state index contributed by atoms with van der Waals surface area (Å²) < 4.78 is 10.2. The van der Waals surface area contributed by atoms with Crippen molar-refractivity contribution in [1.29, 1.82) is 0 Å². The lowest BCUT2D eigenvalue weighted by molar-refractivity contribution is -0.0666. The van der Waals surface area contributed by atoms with E-state index in [1.807, 2.05) is 0 Å². The second-order valence-corrected chi connectivity index (χ2v) is 5.56. The number of aliphatic hydroxyl groups excluding tert-OH is 3. The van der Waals surface area contributed by atoms with Crippen molar-refractivity contribution >= 4 is 11.8 Å². The lowest BCUT2D eigenvalue weighted by atomic mass is 10.0. The van der Waals surface area contributed by atoms with Gasteiger partial charge in [0.1, 0.15) is 18.3 Å². The topological polar surface area (TPSA) is 158 Å². The summed E-state index contributed by atoms with van der Waals surface area (Å²) >= 11 is 0. The molecule has 3 rings (SSSR count). The molecule has 2 aliphatic heterocycles.